The monoisotopic (exact) mass is 260 g/mol. The number of benzene rings is 1. The molecule has 0 amide bonds. The third-order valence-electron chi connectivity index (χ3n) is 3.58. The molecule has 4 nitrogen and oxygen atoms in total. The first kappa shape index (κ1) is 12.7. The second-order valence-corrected chi connectivity index (χ2v) is 5.12. The van der Waals surface area contributed by atoms with Crippen LogP contribution in [0.2, 0.25) is 0 Å². The Labute approximate surface area is 114 Å². The van der Waals surface area contributed by atoms with Gasteiger partial charge in [-0.25, -0.2) is 0 Å². The molecule has 19 heavy (non-hydrogen) atoms. The van der Waals surface area contributed by atoms with Crippen molar-refractivity contribution in [3.8, 4) is 0 Å². The van der Waals surface area contributed by atoms with E-state index in [-0.39, 0.29) is 6.10 Å². The number of hydrogen-bond acceptors (Lipinski definition) is 4. The summed E-state index contributed by atoms with van der Waals surface area (Å²) in [6, 6.07) is 8.48. The molecule has 1 aromatic rings. The predicted molar refractivity (Wildman–Crippen MR) is 74.4 cm³/mol. The Hall–Kier alpha value is -1.36. The van der Waals surface area contributed by atoms with E-state index in [1.165, 1.54) is 11.1 Å². The van der Waals surface area contributed by atoms with Crippen LogP contribution in [0.15, 0.2) is 30.3 Å². The number of hydroxylamine groups is 1. The van der Waals surface area contributed by atoms with E-state index in [2.05, 4.69) is 47.6 Å². The highest BCUT2D eigenvalue weighted by molar-refractivity contribution is 5.65. The first-order valence-corrected chi connectivity index (χ1v) is 6.82. The molecule has 0 bridgehead atoms. The smallest absolute Gasteiger partial charge is 0.118 e. The van der Waals surface area contributed by atoms with Gasteiger partial charge in [-0.15, -0.1) is 0 Å². The summed E-state index contributed by atoms with van der Waals surface area (Å²) in [4.78, 5) is 8.01. The lowest BCUT2D eigenvalue weighted by atomic mass is 10.1. The maximum Gasteiger partial charge on any atom is 0.118 e. The van der Waals surface area contributed by atoms with Crippen LogP contribution in [0.4, 0.5) is 0 Å². The highest BCUT2D eigenvalue weighted by atomic mass is 16.7. The third kappa shape index (κ3) is 3.15. The summed E-state index contributed by atoms with van der Waals surface area (Å²) in [7, 11) is 0. The second-order valence-electron chi connectivity index (χ2n) is 5.12. The SMILES string of the molecule is Cc1ccc(C2=CC(CN3CCOCC3)ON2)cc1. The third-order valence-corrected chi connectivity index (χ3v) is 3.58. The van der Waals surface area contributed by atoms with Gasteiger partial charge in [0.2, 0.25) is 0 Å². The molecule has 2 heterocycles. The van der Waals surface area contributed by atoms with Gasteiger partial charge in [0.05, 0.1) is 18.9 Å². The van der Waals surface area contributed by atoms with Crippen molar-refractivity contribution in [3.63, 3.8) is 0 Å². The fourth-order valence-corrected chi connectivity index (χ4v) is 2.41. The number of ether oxygens (including phenoxy) is 1. The minimum Gasteiger partial charge on any atom is -0.379 e. The number of morpholine rings is 1. The van der Waals surface area contributed by atoms with Gasteiger partial charge in [-0.05, 0) is 18.6 Å². The van der Waals surface area contributed by atoms with Gasteiger partial charge >= 0.3 is 0 Å². The highest BCUT2D eigenvalue weighted by Gasteiger charge is 2.21. The molecule has 102 valence electrons. The zero-order valence-corrected chi connectivity index (χ0v) is 11.3. The van der Waals surface area contributed by atoms with Gasteiger partial charge in [0.25, 0.3) is 0 Å². The lowest BCUT2D eigenvalue weighted by Gasteiger charge is -2.27. The van der Waals surface area contributed by atoms with Crippen LogP contribution in [0, 0.1) is 6.92 Å². The fraction of sp³-hybridized carbons (Fsp3) is 0.467. The lowest BCUT2D eigenvalue weighted by Crippen LogP contribution is -2.40. The molecule has 2 aliphatic heterocycles. The first-order chi connectivity index (χ1) is 9.31. The zero-order valence-electron chi connectivity index (χ0n) is 11.3. The van der Waals surface area contributed by atoms with Crippen LogP contribution in [0.1, 0.15) is 11.1 Å². The number of hydrogen-bond donors (Lipinski definition) is 1. The topological polar surface area (TPSA) is 33.7 Å². The van der Waals surface area contributed by atoms with Gasteiger partial charge in [-0.3, -0.25) is 15.2 Å². The molecule has 4 heteroatoms. The van der Waals surface area contributed by atoms with Crippen LogP contribution in [0.5, 0.6) is 0 Å². The molecular weight excluding hydrogens is 240 g/mol. The van der Waals surface area contributed by atoms with Crippen LogP contribution in [-0.4, -0.2) is 43.9 Å². The van der Waals surface area contributed by atoms with Crippen molar-refractivity contribution in [3.05, 3.63) is 41.5 Å². The van der Waals surface area contributed by atoms with Crippen LogP contribution < -0.4 is 5.48 Å². The largest absolute Gasteiger partial charge is 0.379 e. The van der Waals surface area contributed by atoms with Crippen LogP contribution >= 0.6 is 0 Å². The Morgan fingerprint density at radius 1 is 1.21 bits per heavy atom. The summed E-state index contributed by atoms with van der Waals surface area (Å²) in [6.45, 7) is 6.66. The average Bonchev–Trinajstić information content (AvgIpc) is 2.89. The van der Waals surface area contributed by atoms with Gasteiger partial charge in [-0.1, -0.05) is 29.8 Å². The first-order valence-electron chi connectivity index (χ1n) is 6.82. The molecule has 0 radical (unpaired) electrons. The van der Waals surface area contributed by atoms with Crippen molar-refractivity contribution in [2.45, 2.75) is 13.0 Å². The maximum absolute atomic E-state index is 5.63. The molecule has 1 unspecified atom stereocenters. The van der Waals surface area contributed by atoms with Gasteiger partial charge in [0, 0.05) is 19.6 Å². The molecular formula is C15H20N2O2. The predicted octanol–water partition coefficient (Wildman–Crippen LogP) is 1.57. The van der Waals surface area contributed by atoms with Crippen molar-refractivity contribution < 1.29 is 9.57 Å². The van der Waals surface area contributed by atoms with E-state index in [9.17, 15) is 0 Å². The molecule has 0 aromatic heterocycles. The summed E-state index contributed by atoms with van der Waals surface area (Å²) in [5.41, 5.74) is 6.55. The Kier molecular flexibility index (Phi) is 3.82. The Bertz CT molecular complexity index is 450. The maximum atomic E-state index is 5.63. The van der Waals surface area contributed by atoms with E-state index in [0.717, 1.165) is 38.5 Å². The van der Waals surface area contributed by atoms with Crippen molar-refractivity contribution in [2.24, 2.45) is 0 Å². The summed E-state index contributed by atoms with van der Waals surface area (Å²) in [6.07, 6.45) is 2.29. The number of nitrogens with one attached hydrogen (secondary N) is 1. The number of rotatable bonds is 3. The van der Waals surface area contributed by atoms with Crippen molar-refractivity contribution in [1.29, 1.82) is 0 Å². The molecule has 1 aromatic carbocycles. The molecule has 0 saturated carbocycles. The van der Waals surface area contributed by atoms with E-state index >= 15 is 0 Å². The highest BCUT2D eigenvalue weighted by Crippen LogP contribution is 2.19. The second kappa shape index (κ2) is 5.74. The summed E-state index contributed by atoms with van der Waals surface area (Å²) < 4.78 is 5.35. The minimum absolute atomic E-state index is 0.120. The summed E-state index contributed by atoms with van der Waals surface area (Å²) in [5.74, 6) is 0. The number of nitrogens with zero attached hydrogens (tertiary/aromatic N) is 1. The van der Waals surface area contributed by atoms with E-state index in [0.29, 0.717) is 0 Å². The molecule has 3 rings (SSSR count). The van der Waals surface area contributed by atoms with Gasteiger partial charge in [0.1, 0.15) is 6.10 Å². The minimum atomic E-state index is 0.120. The van der Waals surface area contributed by atoms with Crippen LogP contribution in [-0.2, 0) is 9.57 Å². The molecule has 0 spiro atoms. The standard InChI is InChI=1S/C15H20N2O2/c1-12-2-4-13(5-3-12)15-10-14(19-16-15)11-17-6-8-18-9-7-17/h2-5,10,14,16H,6-9,11H2,1H3. The van der Waals surface area contributed by atoms with Crippen molar-refractivity contribution in [1.82, 2.24) is 10.4 Å². The molecule has 2 aliphatic rings. The van der Waals surface area contributed by atoms with Crippen LogP contribution in [0.3, 0.4) is 0 Å². The summed E-state index contributed by atoms with van der Waals surface area (Å²) >= 11 is 0. The molecule has 1 saturated heterocycles. The van der Waals surface area contributed by atoms with Gasteiger partial charge in [0.15, 0.2) is 0 Å². The fourth-order valence-electron chi connectivity index (χ4n) is 2.41. The van der Waals surface area contributed by atoms with E-state index < -0.39 is 0 Å². The van der Waals surface area contributed by atoms with Crippen molar-refractivity contribution >= 4 is 5.70 Å². The van der Waals surface area contributed by atoms with E-state index in [4.69, 9.17) is 9.57 Å². The van der Waals surface area contributed by atoms with Gasteiger partial charge < -0.3 is 4.74 Å². The quantitative estimate of drug-likeness (QED) is 0.894. The Morgan fingerprint density at radius 3 is 2.68 bits per heavy atom. The number of aryl methyl sites for hydroxylation is 1. The lowest BCUT2D eigenvalue weighted by molar-refractivity contribution is -0.00798. The van der Waals surface area contributed by atoms with E-state index in [1.54, 1.807) is 0 Å². The Balaban J connectivity index is 1.62. The van der Waals surface area contributed by atoms with Gasteiger partial charge in [-0.2, -0.15) is 0 Å². The Morgan fingerprint density at radius 2 is 1.95 bits per heavy atom. The average molecular weight is 260 g/mol. The van der Waals surface area contributed by atoms with E-state index in [1.807, 2.05) is 0 Å². The molecule has 1 fully saturated rings. The molecule has 1 N–H and O–H groups in total. The van der Waals surface area contributed by atoms with Crippen molar-refractivity contribution in [2.75, 3.05) is 32.8 Å². The normalized spacial score (nSPS) is 24.1. The molecule has 0 aliphatic carbocycles. The molecule has 1 atom stereocenters. The zero-order chi connectivity index (χ0) is 13.1. The summed E-state index contributed by atoms with van der Waals surface area (Å²) in [5, 5.41) is 0. The van der Waals surface area contributed by atoms with Crippen LogP contribution in [0.25, 0.3) is 5.70 Å².